The molecule has 0 radical (unpaired) electrons. The molecule has 0 bridgehead atoms. The van der Waals surface area contributed by atoms with Crippen LogP contribution in [0, 0.1) is 0 Å². The molecular formula is C20H24N4O5S2. The molecule has 2 aromatic rings. The van der Waals surface area contributed by atoms with E-state index in [1.165, 1.54) is 25.7 Å². The molecule has 1 aliphatic heterocycles. The second-order valence-electron chi connectivity index (χ2n) is 7.68. The fraction of sp³-hybridized carbons (Fsp3) is 0.500. The van der Waals surface area contributed by atoms with Crippen LogP contribution >= 0.6 is 11.3 Å². The average molecular weight is 465 g/mol. The molecule has 9 nitrogen and oxygen atoms in total. The van der Waals surface area contributed by atoms with Crippen LogP contribution in [0.5, 0.6) is 0 Å². The maximum atomic E-state index is 13.2. The van der Waals surface area contributed by atoms with Crippen LogP contribution < -0.4 is 4.72 Å². The van der Waals surface area contributed by atoms with Gasteiger partial charge in [0, 0.05) is 29.9 Å². The van der Waals surface area contributed by atoms with Gasteiger partial charge in [0.05, 0.1) is 25.4 Å². The van der Waals surface area contributed by atoms with Crippen molar-refractivity contribution in [2.45, 2.75) is 55.3 Å². The van der Waals surface area contributed by atoms with Gasteiger partial charge in [-0.25, -0.2) is 22.9 Å². The van der Waals surface area contributed by atoms with Crippen LogP contribution in [0.4, 0.5) is 0 Å². The summed E-state index contributed by atoms with van der Waals surface area (Å²) in [6, 6.07) is -0.127. The Balaban J connectivity index is 1.65. The summed E-state index contributed by atoms with van der Waals surface area (Å²) in [6.07, 6.45) is 9.35. The summed E-state index contributed by atoms with van der Waals surface area (Å²) in [5, 5.41) is 0. The lowest BCUT2D eigenvalue weighted by Crippen LogP contribution is -2.36. The van der Waals surface area contributed by atoms with Crippen LogP contribution in [0.25, 0.3) is 0 Å². The minimum absolute atomic E-state index is 0.0243. The number of carbonyl (C=O) groups is 2. The van der Waals surface area contributed by atoms with Gasteiger partial charge in [-0.15, -0.1) is 11.3 Å². The molecule has 2 aliphatic rings. The minimum atomic E-state index is -3.89. The lowest BCUT2D eigenvalue weighted by Gasteiger charge is -2.26. The zero-order valence-corrected chi connectivity index (χ0v) is 18.8. The maximum absolute atomic E-state index is 13.2. The van der Waals surface area contributed by atoms with Crippen molar-refractivity contribution < 1.29 is 22.7 Å². The first-order valence-corrected chi connectivity index (χ1v) is 12.5. The smallest absolute Gasteiger partial charge is 0.340 e. The molecular weight excluding hydrogens is 440 g/mol. The number of amides is 1. The number of carbonyl (C=O) groups excluding carboxylic acids is 2. The van der Waals surface area contributed by atoms with Gasteiger partial charge in [0.25, 0.3) is 15.9 Å². The lowest BCUT2D eigenvalue weighted by atomic mass is 9.96. The van der Waals surface area contributed by atoms with Crippen molar-refractivity contribution in [3.8, 4) is 0 Å². The number of nitrogens with one attached hydrogen (secondary N) is 1. The van der Waals surface area contributed by atoms with Crippen LogP contribution in [0.2, 0.25) is 0 Å². The van der Waals surface area contributed by atoms with Crippen LogP contribution in [-0.4, -0.2) is 54.9 Å². The van der Waals surface area contributed by atoms with Crippen molar-refractivity contribution in [1.29, 1.82) is 0 Å². The number of hydrogen-bond acceptors (Lipinski definition) is 8. The third kappa shape index (κ3) is 4.48. The first-order chi connectivity index (χ1) is 14.9. The third-order valence-electron chi connectivity index (χ3n) is 5.65. The second-order valence-corrected chi connectivity index (χ2v) is 10.7. The Labute approximate surface area is 184 Å². The molecule has 4 rings (SSSR count). The monoisotopic (exact) mass is 464 g/mol. The molecule has 0 spiro atoms. The van der Waals surface area contributed by atoms with Gasteiger partial charge in [0.2, 0.25) is 0 Å². The fourth-order valence-electron chi connectivity index (χ4n) is 4.11. The molecule has 166 valence electrons. The minimum Gasteiger partial charge on any atom is -0.465 e. The fourth-order valence-corrected chi connectivity index (χ4v) is 7.34. The quantitative estimate of drug-likeness (QED) is 0.673. The van der Waals surface area contributed by atoms with E-state index in [0.29, 0.717) is 23.4 Å². The number of esters is 1. The van der Waals surface area contributed by atoms with Crippen molar-refractivity contribution in [3.05, 3.63) is 40.3 Å². The van der Waals surface area contributed by atoms with Crippen LogP contribution in [0.1, 0.15) is 63.4 Å². The van der Waals surface area contributed by atoms with E-state index in [2.05, 4.69) is 14.7 Å². The Morgan fingerprint density at radius 2 is 2.00 bits per heavy atom. The van der Waals surface area contributed by atoms with Crippen LogP contribution in [0.15, 0.2) is 22.8 Å². The Kier molecular flexibility index (Phi) is 6.35. The molecule has 1 saturated carbocycles. The summed E-state index contributed by atoms with van der Waals surface area (Å²) < 4.78 is 34.0. The van der Waals surface area contributed by atoms with Gasteiger partial charge in [-0.2, -0.15) is 0 Å². The van der Waals surface area contributed by atoms with Crippen molar-refractivity contribution >= 4 is 33.2 Å². The summed E-state index contributed by atoms with van der Waals surface area (Å²) in [6.45, 7) is 0.553. The number of aromatic nitrogens is 2. The molecule has 0 aromatic carbocycles. The predicted molar refractivity (Wildman–Crippen MR) is 113 cm³/mol. The number of sulfonamides is 1. The van der Waals surface area contributed by atoms with E-state index in [0.717, 1.165) is 43.4 Å². The van der Waals surface area contributed by atoms with Gasteiger partial charge in [0.1, 0.15) is 9.90 Å². The number of ether oxygens (including phenoxy) is 1. The maximum Gasteiger partial charge on any atom is 0.340 e. The molecule has 1 amide bonds. The number of rotatable bonds is 5. The van der Waals surface area contributed by atoms with Crippen molar-refractivity contribution in [2.75, 3.05) is 13.7 Å². The Morgan fingerprint density at radius 3 is 2.68 bits per heavy atom. The summed E-state index contributed by atoms with van der Waals surface area (Å²) >= 11 is 1.04. The van der Waals surface area contributed by atoms with E-state index in [-0.39, 0.29) is 34.0 Å². The van der Waals surface area contributed by atoms with Crippen molar-refractivity contribution in [3.63, 3.8) is 0 Å². The number of methoxy groups -OCH3 is 1. The number of thiophene rings is 1. The van der Waals surface area contributed by atoms with E-state index in [1.807, 2.05) is 0 Å². The summed E-state index contributed by atoms with van der Waals surface area (Å²) in [7, 11) is -2.65. The topological polar surface area (TPSA) is 119 Å². The van der Waals surface area contributed by atoms with Crippen molar-refractivity contribution in [2.24, 2.45) is 0 Å². The molecule has 1 aliphatic carbocycles. The number of hydrogen-bond donors (Lipinski definition) is 1. The third-order valence-corrected chi connectivity index (χ3v) is 8.91. The molecule has 1 fully saturated rings. The Morgan fingerprint density at radius 1 is 1.23 bits per heavy atom. The SMILES string of the molecule is COC(=O)c1c(S(=O)(=O)NC2CCCCC2)sc2c1CCN(C(=O)c1cnccn1)C2. The van der Waals surface area contributed by atoms with E-state index >= 15 is 0 Å². The zero-order valence-electron chi connectivity index (χ0n) is 17.2. The highest BCUT2D eigenvalue weighted by molar-refractivity contribution is 7.91. The highest BCUT2D eigenvalue weighted by Crippen LogP contribution is 2.37. The van der Waals surface area contributed by atoms with Gasteiger partial charge in [0.15, 0.2) is 0 Å². The first-order valence-electron chi connectivity index (χ1n) is 10.2. The lowest BCUT2D eigenvalue weighted by molar-refractivity contribution is 0.0595. The van der Waals surface area contributed by atoms with Gasteiger partial charge in [-0.3, -0.25) is 9.78 Å². The highest BCUT2D eigenvalue weighted by Gasteiger charge is 2.36. The molecule has 0 saturated heterocycles. The molecule has 31 heavy (non-hydrogen) atoms. The zero-order chi connectivity index (χ0) is 22.0. The van der Waals surface area contributed by atoms with E-state index in [4.69, 9.17) is 4.74 Å². The van der Waals surface area contributed by atoms with Gasteiger partial charge in [-0.05, 0) is 24.8 Å². The Hall–Kier alpha value is -2.37. The van der Waals surface area contributed by atoms with Crippen LogP contribution in [0.3, 0.4) is 0 Å². The normalized spacial score (nSPS) is 17.3. The summed E-state index contributed by atoms with van der Waals surface area (Å²) in [5.74, 6) is -0.952. The predicted octanol–water partition coefficient (Wildman–Crippen LogP) is 2.13. The first kappa shape index (κ1) is 21.8. The summed E-state index contributed by atoms with van der Waals surface area (Å²) in [4.78, 5) is 35.5. The second kappa shape index (κ2) is 9.01. The van der Waals surface area contributed by atoms with Gasteiger partial charge in [-0.1, -0.05) is 19.3 Å². The standard InChI is InChI=1S/C20H24N4O5S2/c1-29-19(26)17-14-7-10-24(18(25)15-11-21-8-9-22-15)12-16(14)30-20(17)31(27,28)23-13-5-3-2-4-6-13/h8-9,11,13,23H,2-7,10,12H2,1H3. The number of fused-ring (bicyclic) bond motifs is 1. The molecule has 0 unspecified atom stereocenters. The van der Waals surface area contributed by atoms with Gasteiger partial charge >= 0.3 is 5.97 Å². The molecule has 3 heterocycles. The number of nitrogens with zero attached hydrogens (tertiary/aromatic N) is 3. The largest absolute Gasteiger partial charge is 0.465 e. The molecule has 11 heteroatoms. The average Bonchev–Trinajstić information content (AvgIpc) is 3.19. The van der Waals surface area contributed by atoms with E-state index < -0.39 is 16.0 Å². The Bertz CT molecular complexity index is 1080. The van der Waals surface area contributed by atoms with E-state index in [9.17, 15) is 18.0 Å². The molecule has 1 N–H and O–H groups in total. The van der Waals surface area contributed by atoms with Crippen LogP contribution in [-0.2, 0) is 27.7 Å². The van der Waals surface area contributed by atoms with Crippen molar-refractivity contribution in [1.82, 2.24) is 19.6 Å². The molecule has 2 aromatic heterocycles. The van der Waals surface area contributed by atoms with Gasteiger partial charge < -0.3 is 9.64 Å². The molecule has 0 atom stereocenters. The highest BCUT2D eigenvalue weighted by atomic mass is 32.2. The van der Waals surface area contributed by atoms with E-state index in [1.54, 1.807) is 4.90 Å². The summed E-state index contributed by atoms with van der Waals surface area (Å²) in [5.41, 5.74) is 0.962.